The predicted octanol–water partition coefficient (Wildman–Crippen LogP) is -4.70. The largest absolute Gasteiger partial charge is 0.480 e. The molecule has 172 valence electrons. The highest BCUT2D eigenvalue weighted by Crippen LogP contribution is 1.99. The minimum Gasteiger partial charge on any atom is -0.480 e. The van der Waals surface area contributed by atoms with Crippen LogP contribution in [0, 0.1) is 0 Å². The van der Waals surface area contributed by atoms with Crippen LogP contribution < -0.4 is 33.2 Å². The molecule has 0 heterocycles. The van der Waals surface area contributed by atoms with Crippen molar-refractivity contribution in [2.75, 3.05) is 13.1 Å². The number of rotatable bonds is 13. The maximum atomic E-state index is 12.2. The highest BCUT2D eigenvalue weighted by atomic mass is 16.4. The van der Waals surface area contributed by atoms with Crippen molar-refractivity contribution in [1.82, 2.24) is 16.0 Å². The van der Waals surface area contributed by atoms with Gasteiger partial charge in [0.15, 0.2) is 12.0 Å². The lowest BCUT2D eigenvalue weighted by Crippen LogP contribution is -2.57. The number of nitrogens with two attached hydrogens (primary N) is 3. The average Bonchev–Trinajstić information content (AvgIpc) is 2.64. The van der Waals surface area contributed by atoms with Crippen molar-refractivity contribution in [2.45, 2.75) is 57.0 Å². The van der Waals surface area contributed by atoms with E-state index in [9.17, 15) is 29.4 Å². The van der Waals surface area contributed by atoms with E-state index in [-0.39, 0.29) is 18.9 Å². The Bertz CT molecular complexity index is 635. The van der Waals surface area contributed by atoms with E-state index in [4.69, 9.17) is 22.3 Å². The molecular formula is C16H31N7O7. The van der Waals surface area contributed by atoms with E-state index >= 15 is 0 Å². The normalized spacial score (nSPS) is 15.6. The number of aliphatic carboxylic acids is 1. The Morgan fingerprint density at radius 3 is 2.00 bits per heavy atom. The number of hydrogen-bond acceptors (Lipinski definition) is 8. The summed E-state index contributed by atoms with van der Waals surface area (Å²) in [5, 5.41) is 34.5. The summed E-state index contributed by atoms with van der Waals surface area (Å²) < 4.78 is 0. The maximum Gasteiger partial charge on any atom is 0.328 e. The molecule has 0 aromatic heterocycles. The first kappa shape index (κ1) is 27.0. The Hall–Kier alpha value is -2.97. The summed E-state index contributed by atoms with van der Waals surface area (Å²) >= 11 is 0. The molecule has 12 N–H and O–H groups in total. The van der Waals surface area contributed by atoms with Gasteiger partial charge in [-0.05, 0) is 26.7 Å². The highest BCUT2D eigenvalue weighted by Gasteiger charge is 2.29. The Morgan fingerprint density at radius 1 is 0.967 bits per heavy atom. The van der Waals surface area contributed by atoms with Gasteiger partial charge in [0.25, 0.3) is 0 Å². The number of aliphatic hydroxyl groups excluding tert-OH is 2. The minimum atomic E-state index is -1.56. The number of carboxylic acids is 1. The van der Waals surface area contributed by atoms with Gasteiger partial charge in [0.2, 0.25) is 17.7 Å². The second-order valence-corrected chi connectivity index (χ2v) is 6.62. The lowest BCUT2D eigenvalue weighted by Gasteiger charge is -2.23. The predicted molar refractivity (Wildman–Crippen MR) is 106 cm³/mol. The van der Waals surface area contributed by atoms with Crippen LogP contribution in [0.5, 0.6) is 0 Å². The van der Waals surface area contributed by atoms with Crippen molar-refractivity contribution >= 4 is 29.7 Å². The summed E-state index contributed by atoms with van der Waals surface area (Å²) in [6.45, 7) is 2.06. The van der Waals surface area contributed by atoms with Crippen LogP contribution in [0.15, 0.2) is 4.99 Å². The molecule has 5 atom stereocenters. The molecule has 0 aliphatic heterocycles. The SMILES string of the molecule is CC(O)C(NC(=O)CNC(=O)C(NC(=O)C(N)CCCN=C(N)N)C(C)O)C(=O)O. The van der Waals surface area contributed by atoms with Crippen molar-refractivity contribution in [3.8, 4) is 0 Å². The first-order chi connectivity index (χ1) is 13.9. The molecule has 0 spiro atoms. The number of aliphatic imine (C=N–C) groups is 1. The smallest absolute Gasteiger partial charge is 0.328 e. The zero-order valence-corrected chi connectivity index (χ0v) is 16.9. The molecule has 0 saturated heterocycles. The molecule has 0 aromatic rings. The van der Waals surface area contributed by atoms with Gasteiger partial charge in [-0.2, -0.15) is 0 Å². The van der Waals surface area contributed by atoms with Gasteiger partial charge in [-0.1, -0.05) is 0 Å². The van der Waals surface area contributed by atoms with Crippen molar-refractivity contribution in [3.05, 3.63) is 0 Å². The van der Waals surface area contributed by atoms with E-state index < -0.39 is 60.6 Å². The van der Waals surface area contributed by atoms with Gasteiger partial charge in [-0.15, -0.1) is 0 Å². The molecule has 0 radical (unpaired) electrons. The van der Waals surface area contributed by atoms with Gasteiger partial charge in [0.05, 0.1) is 24.8 Å². The molecule has 30 heavy (non-hydrogen) atoms. The van der Waals surface area contributed by atoms with E-state index in [1.54, 1.807) is 0 Å². The van der Waals surface area contributed by atoms with E-state index in [2.05, 4.69) is 15.6 Å². The van der Waals surface area contributed by atoms with Gasteiger partial charge < -0.3 is 48.5 Å². The summed E-state index contributed by atoms with van der Waals surface area (Å²) in [5.74, 6) is -4.02. The molecule has 0 bridgehead atoms. The molecule has 0 fully saturated rings. The fraction of sp³-hybridized carbons (Fsp3) is 0.688. The number of hydrogen-bond donors (Lipinski definition) is 9. The Labute approximate surface area is 173 Å². The van der Waals surface area contributed by atoms with E-state index in [1.165, 1.54) is 13.8 Å². The molecule has 3 amide bonds. The Kier molecular flexibility index (Phi) is 12.0. The number of guanidine groups is 1. The zero-order valence-electron chi connectivity index (χ0n) is 16.9. The fourth-order valence-corrected chi connectivity index (χ4v) is 2.21. The molecule has 5 unspecified atom stereocenters. The molecule has 0 aromatic carbocycles. The fourth-order valence-electron chi connectivity index (χ4n) is 2.21. The van der Waals surface area contributed by atoms with E-state index in [1.807, 2.05) is 5.32 Å². The van der Waals surface area contributed by atoms with Crippen molar-refractivity contribution in [2.24, 2.45) is 22.2 Å². The van der Waals surface area contributed by atoms with Crippen LogP contribution in [0.4, 0.5) is 0 Å². The van der Waals surface area contributed by atoms with E-state index in [0.717, 1.165) is 0 Å². The summed E-state index contributed by atoms with van der Waals surface area (Å²) in [6, 6.07) is -3.95. The Balaban J connectivity index is 4.69. The first-order valence-electron chi connectivity index (χ1n) is 9.14. The second kappa shape index (κ2) is 13.3. The van der Waals surface area contributed by atoms with Gasteiger partial charge >= 0.3 is 5.97 Å². The van der Waals surface area contributed by atoms with Gasteiger partial charge in [-0.25, -0.2) is 4.79 Å². The number of nitrogens with one attached hydrogen (secondary N) is 3. The first-order valence-corrected chi connectivity index (χ1v) is 9.14. The quantitative estimate of drug-likeness (QED) is 0.0761. The number of amides is 3. The van der Waals surface area contributed by atoms with Crippen LogP contribution in [-0.2, 0) is 19.2 Å². The van der Waals surface area contributed by atoms with Crippen LogP contribution in [0.3, 0.4) is 0 Å². The summed E-state index contributed by atoms with van der Waals surface area (Å²) in [4.78, 5) is 50.8. The van der Waals surface area contributed by atoms with Crippen molar-refractivity contribution < 1.29 is 34.5 Å². The standard InChI is InChI=1S/C16H31N7O7/c1-7(24)11(23-13(27)9(17)4-3-5-20-16(18)19)14(28)21-6-10(26)22-12(8(2)25)15(29)30/h7-9,11-12,24-25H,3-6,17H2,1-2H3,(H,21,28)(H,22,26)(H,23,27)(H,29,30)(H4,18,19,20). The number of carbonyl (C=O) groups is 4. The Morgan fingerprint density at radius 2 is 1.53 bits per heavy atom. The number of carbonyl (C=O) groups excluding carboxylic acids is 3. The van der Waals surface area contributed by atoms with Crippen molar-refractivity contribution in [1.29, 1.82) is 0 Å². The van der Waals surface area contributed by atoms with Crippen LogP contribution in [0.1, 0.15) is 26.7 Å². The summed E-state index contributed by atoms with van der Waals surface area (Å²) in [7, 11) is 0. The second-order valence-electron chi connectivity index (χ2n) is 6.62. The van der Waals surface area contributed by atoms with Crippen LogP contribution in [0.2, 0.25) is 0 Å². The van der Waals surface area contributed by atoms with Crippen LogP contribution in [-0.4, -0.2) is 88.4 Å². The third-order valence-corrected chi connectivity index (χ3v) is 3.86. The molecule has 0 aliphatic rings. The van der Waals surface area contributed by atoms with Gasteiger partial charge in [-0.3, -0.25) is 19.4 Å². The molecule has 0 rings (SSSR count). The topological polar surface area (TPSA) is 255 Å². The number of carboxylic acid groups (broad SMARTS) is 1. The third-order valence-electron chi connectivity index (χ3n) is 3.86. The molecule has 0 aliphatic carbocycles. The molecule has 0 saturated carbocycles. The van der Waals surface area contributed by atoms with Gasteiger partial charge in [0, 0.05) is 6.54 Å². The lowest BCUT2D eigenvalue weighted by atomic mass is 10.1. The number of aliphatic hydroxyl groups is 2. The highest BCUT2D eigenvalue weighted by molar-refractivity contribution is 5.93. The molecule has 14 heteroatoms. The minimum absolute atomic E-state index is 0.0916. The molecular weight excluding hydrogens is 402 g/mol. The van der Waals surface area contributed by atoms with Crippen LogP contribution >= 0.6 is 0 Å². The maximum absolute atomic E-state index is 12.2. The third kappa shape index (κ3) is 10.5. The van der Waals surface area contributed by atoms with Gasteiger partial charge in [0.1, 0.15) is 6.04 Å². The van der Waals surface area contributed by atoms with E-state index in [0.29, 0.717) is 6.42 Å². The average molecular weight is 433 g/mol. The van der Waals surface area contributed by atoms with Crippen molar-refractivity contribution in [3.63, 3.8) is 0 Å². The molecule has 14 nitrogen and oxygen atoms in total. The number of nitrogens with zero attached hydrogens (tertiary/aromatic N) is 1. The lowest BCUT2D eigenvalue weighted by molar-refractivity contribution is -0.144. The summed E-state index contributed by atoms with van der Waals surface area (Å²) in [6.07, 6.45) is -2.04. The summed E-state index contributed by atoms with van der Waals surface area (Å²) in [5.41, 5.74) is 16.1. The monoisotopic (exact) mass is 433 g/mol. The zero-order chi connectivity index (χ0) is 23.4. The van der Waals surface area contributed by atoms with Crippen LogP contribution in [0.25, 0.3) is 0 Å².